The van der Waals surface area contributed by atoms with E-state index in [4.69, 9.17) is 4.74 Å². The number of urea groups is 1. The Bertz CT molecular complexity index is 762. The van der Waals surface area contributed by atoms with Gasteiger partial charge >= 0.3 is 6.03 Å². The molecule has 6 nitrogen and oxygen atoms in total. The number of methoxy groups -OCH3 is 1. The monoisotopic (exact) mass is 372 g/mol. The van der Waals surface area contributed by atoms with Crippen molar-refractivity contribution in [1.82, 2.24) is 14.8 Å². The van der Waals surface area contributed by atoms with Crippen LogP contribution >= 0.6 is 11.3 Å². The lowest BCUT2D eigenvalue weighted by Crippen LogP contribution is -2.41. The molecule has 0 bridgehead atoms. The van der Waals surface area contributed by atoms with Crippen LogP contribution in [0.2, 0.25) is 0 Å². The Morgan fingerprint density at radius 3 is 2.62 bits per heavy atom. The van der Waals surface area contributed by atoms with Crippen molar-refractivity contribution in [2.45, 2.75) is 6.04 Å². The number of carbonyl (C=O) groups is 1. The molecule has 2 aliphatic heterocycles. The Morgan fingerprint density at radius 2 is 2.00 bits per heavy atom. The van der Waals surface area contributed by atoms with Crippen LogP contribution in [0.15, 0.2) is 35.8 Å². The predicted octanol–water partition coefficient (Wildman–Crippen LogP) is 2.94. The van der Waals surface area contributed by atoms with Gasteiger partial charge < -0.3 is 19.4 Å². The van der Waals surface area contributed by atoms with E-state index in [9.17, 15) is 4.79 Å². The zero-order valence-electron chi connectivity index (χ0n) is 15.3. The summed E-state index contributed by atoms with van der Waals surface area (Å²) in [6.45, 7) is 2.69. The first-order chi connectivity index (χ1) is 12.6. The summed E-state index contributed by atoms with van der Waals surface area (Å²) in [7, 11) is 5.32. The molecule has 7 heteroatoms. The van der Waals surface area contributed by atoms with E-state index in [1.807, 2.05) is 42.7 Å². The lowest BCUT2D eigenvalue weighted by molar-refractivity contribution is 0.159. The Balaban J connectivity index is 1.64. The van der Waals surface area contributed by atoms with Crippen molar-refractivity contribution < 1.29 is 9.53 Å². The summed E-state index contributed by atoms with van der Waals surface area (Å²) >= 11 is 1.68. The predicted molar refractivity (Wildman–Crippen MR) is 103 cm³/mol. The molecule has 4 rings (SSSR count). The lowest BCUT2D eigenvalue weighted by atomic mass is 9.89. The van der Waals surface area contributed by atoms with Crippen molar-refractivity contribution >= 4 is 22.5 Å². The summed E-state index contributed by atoms with van der Waals surface area (Å²) < 4.78 is 5.29. The average Bonchev–Trinajstić information content (AvgIpc) is 3.36. The number of benzene rings is 1. The zero-order valence-corrected chi connectivity index (χ0v) is 16.1. The second-order valence-corrected chi connectivity index (χ2v) is 8.06. The number of ether oxygens (including phenoxy) is 1. The Kier molecular flexibility index (Phi) is 4.48. The number of aromatic nitrogens is 1. The average molecular weight is 372 g/mol. The van der Waals surface area contributed by atoms with Gasteiger partial charge in [-0.25, -0.2) is 9.78 Å². The molecule has 0 aliphatic carbocycles. The molecule has 2 saturated heterocycles. The second kappa shape index (κ2) is 6.79. The number of fused-ring (bicyclic) bond motifs is 1. The largest absolute Gasteiger partial charge is 0.497 e. The number of carbonyl (C=O) groups excluding carboxylic acids is 1. The van der Waals surface area contributed by atoms with Crippen LogP contribution in [-0.2, 0) is 0 Å². The molecule has 0 spiro atoms. The highest BCUT2D eigenvalue weighted by atomic mass is 32.1. The van der Waals surface area contributed by atoms with Gasteiger partial charge in [0.2, 0.25) is 0 Å². The summed E-state index contributed by atoms with van der Waals surface area (Å²) in [5, 5.41) is 3.10. The van der Waals surface area contributed by atoms with Gasteiger partial charge in [0.1, 0.15) is 5.75 Å². The SMILES string of the molecule is COc1ccc([C@H]2[C@@H]3CN(c4nccs4)C[C@@H]3CN2C(=O)N(C)C)cc1. The molecular formula is C19H24N4O2S. The summed E-state index contributed by atoms with van der Waals surface area (Å²) in [6, 6.07) is 8.32. The fraction of sp³-hybridized carbons (Fsp3) is 0.474. The van der Waals surface area contributed by atoms with E-state index in [0.717, 1.165) is 30.5 Å². The molecule has 3 atom stereocenters. The molecular weight excluding hydrogens is 348 g/mol. The molecule has 1 aromatic heterocycles. The summed E-state index contributed by atoms with van der Waals surface area (Å²) in [5.74, 6) is 1.72. The smallest absolute Gasteiger partial charge is 0.320 e. The minimum absolute atomic E-state index is 0.0843. The van der Waals surface area contributed by atoms with Crippen LogP contribution < -0.4 is 9.64 Å². The maximum Gasteiger partial charge on any atom is 0.320 e. The highest BCUT2D eigenvalue weighted by Gasteiger charge is 2.49. The molecule has 2 aliphatic rings. The molecule has 138 valence electrons. The first-order valence-electron chi connectivity index (χ1n) is 8.85. The summed E-state index contributed by atoms with van der Waals surface area (Å²) in [6.07, 6.45) is 1.86. The van der Waals surface area contributed by atoms with Crippen LogP contribution in [0.3, 0.4) is 0 Å². The van der Waals surface area contributed by atoms with Gasteiger partial charge in [-0.3, -0.25) is 0 Å². The molecule has 0 N–H and O–H groups in total. The molecule has 0 radical (unpaired) electrons. The molecule has 2 amide bonds. The van der Waals surface area contributed by atoms with Crippen LogP contribution in [0.1, 0.15) is 11.6 Å². The van der Waals surface area contributed by atoms with Crippen LogP contribution in [0.5, 0.6) is 5.75 Å². The van der Waals surface area contributed by atoms with Gasteiger partial charge in [0, 0.05) is 57.1 Å². The van der Waals surface area contributed by atoms with Gasteiger partial charge in [-0.1, -0.05) is 12.1 Å². The molecule has 2 aromatic rings. The number of amides is 2. The first kappa shape index (κ1) is 17.1. The van der Waals surface area contributed by atoms with Crippen molar-refractivity contribution in [3.05, 3.63) is 41.4 Å². The number of anilines is 1. The highest BCUT2D eigenvalue weighted by molar-refractivity contribution is 7.13. The maximum absolute atomic E-state index is 12.8. The van der Waals surface area contributed by atoms with E-state index >= 15 is 0 Å². The summed E-state index contributed by atoms with van der Waals surface area (Å²) in [5.41, 5.74) is 1.18. The molecule has 1 aromatic carbocycles. The van der Waals surface area contributed by atoms with Crippen molar-refractivity contribution in [2.75, 3.05) is 45.7 Å². The van der Waals surface area contributed by atoms with Gasteiger partial charge in [0.05, 0.1) is 13.2 Å². The molecule has 0 unspecified atom stereocenters. The van der Waals surface area contributed by atoms with Crippen LogP contribution in [0.25, 0.3) is 0 Å². The quantitative estimate of drug-likeness (QED) is 0.831. The van der Waals surface area contributed by atoms with Crippen LogP contribution in [0.4, 0.5) is 9.93 Å². The van der Waals surface area contributed by atoms with E-state index < -0.39 is 0 Å². The van der Waals surface area contributed by atoms with Gasteiger partial charge in [-0.05, 0) is 17.7 Å². The normalized spacial score (nSPS) is 24.7. The fourth-order valence-corrected chi connectivity index (χ4v) is 4.92. The molecule has 0 saturated carbocycles. The van der Waals surface area contributed by atoms with Crippen molar-refractivity contribution in [1.29, 1.82) is 0 Å². The minimum atomic E-state index is 0.0843. The topological polar surface area (TPSA) is 48.9 Å². The summed E-state index contributed by atoms with van der Waals surface area (Å²) in [4.78, 5) is 23.3. The number of hydrogen-bond donors (Lipinski definition) is 0. The maximum atomic E-state index is 12.8. The van der Waals surface area contributed by atoms with Crippen molar-refractivity contribution in [2.24, 2.45) is 11.8 Å². The Hall–Kier alpha value is -2.28. The number of likely N-dealkylation sites (tertiary alicyclic amines) is 1. The fourth-order valence-electron chi connectivity index (χ4n) is 4.26. The standard InChI is InChI=1S/C19H24N4O2S/c1-21(2)19(24)23-11-14-10-22(18-20-8-9-26-18)12-16(14)17(23)13-4-6-15(25-3)7-5-13/h4-9,14,16-17H,10-12H2,1-3H3/t14-,16-,17+/m1/s1. The third-order valence-electron chi connectivity index (χ3n) is 5.44. The number of nitrogens with zero attached hydrogens (tertiary/aromatic N) is 4. The third kappa shape index (κ3) is 2.90. The van der Waals surface area contributed by atoms with E-state index in [2.05, 4.69) is 22.0 Å². The Morgan fingerprint density at radius 1 is 1.23 bits per heavy atom. The third-order valence-corrected chi connectivity index (χ3v) is 6.27. The zero-order chi connectivity index (χ0) is 18.3. The first-order valence-corrected chi connectivity index (χ1v) is 9.72. The van der Waals surface area contributed by atoms with Gasteiger partial charge in [-0.2, -0.15) is 0 Å². The van der Waals surface area contributed by atoms with Crippen molar-refractivity contribution in [3.8, 4) is 5.75 Å². The van der Waals surface area contributed by atoms with E-state index in [-0.39, 0.29) is 12.1 Å². The van der Waals surface area contributed by atoms with E-state index in [1.54, 1.807) is 23.3 Å². The van der Waals surface area contributed by atoms with Crippen molar-refractivity contribution in [3.63, 3.8) is 0 Å². The molecule has 2 fully saturated rings. The molecule has 26 heavy (non-hydrogen) atoms. The highest BCUT2D eigenvalue weighted by Crippen LogP contribution is 2.46. The van der Waals surface area contributed by atoms with Gasteiger partial charge in [0.25, 0.3) is 0 Å². The molecule has 3 heterocycles. The van der Waals surface area contributed by atoms with Gasteiger partial charge in [0.15, 0.2) is 5.13 Å². The van der Waals surface area contributed by atoms with Crippen LogP contribution in [0, 0.1) is 11.8 Å². The van der Waals surface area contributed by atoms with E-state index in [0.29, 0.717) is 11.8 Å². The second-order valence-electron chi connectivity index (χ2n) is 7.19. The van der Waals surface area contributed by atoms with Crippen LogP contribution in [-0.4, -0.2) is 61.7 Å². The van der Waals surface area contributed by atoms with E-state index in [1.165, 1.54) is 5.56 Å². The lowest BCUT2D eigenvalue weighted by Gasteiger charge is -2.31. The number of rotatable bonds is 3. The van der Waals surface area contributed by atoms with Gasteiger partial charge in [-0.15, -0.1) is 11.3 Å². The minimum Gasteiger partial charge on any atom is -0.497 e. The number of hydrogen-bond acceptors (Lipinski definition) is 5. The Labute approximate surface area is 158 Å². The number of thiazole rings is 1.